The zero-order valence-corrected chi connectivity index (χ0v) is 16.8. The van der Waals surface area contributed by atoms with Gasteiger partial charge in [-0.05, 0) is 23.6 Å². The molecule has 0 spiro atoms. The first kappa shape index (κ1) is 19.5. The number of hydrogen-bond acceptors (Lipinski definition) is 5. The second-order valence-corrected chi connectivity index (χ2v) is 7.45. The summed E-state index contributed by atoms with van der Waals surface area (Å²) in [6, 6.07) is 9.64. The van der Waals surface area contributed by atoms with Gasteiger partial charge in [-0.2, -0.15) is 0 Å². The van der Waals surface area contributed by atoms with Crippen molar-refractivity contribution in [3.63, 3.8) is 0 Å². The summed E-state index contributed by atoms with van der Waals surface area (Å²) in [5.74, 6) is 1.48. The van der Waals surface area contributed by atoms with E-state index in [-0.39, 0.29) is 23.7 Å². The Kier molecular flexibility index (Phi) is 5.32. The molecule has 2 aliphatic heterocycles. The van der Waals surface area contributed by atoms with Crippen LogP contribution < -0.4 is 19.5 Å². The smallest absolute Gasteiger partial charge is 0.258 e. The lowest BCUT2D eigenvalue weighted by molar-refractivity contribution is 0.0710. The van der Waals surface area contributed by atoms with Crippen LogP contribution in [-0.2, 0) is 0 Å². The highest BCUT2D eigenvalue weighted by Gasteiger charge is 2.47. The Morgan fingerprint density at radius 1 is 1.03 bits per heavy atom. The maximum Gasteiger partial charge on any atom is 0.258 e. The van der Waals surface area contributed by atoms with Gasteiger partial charge in [0.1, 0.15) is 11.6 Å². The normalized spacial score (nSPS) is 23.0. The molecule has 154 valence electrons. The number of likely N-dealkylation sites (tertiary alicyclic amines) is 1. The van der Waals surface area contributed by atoms with Gasteiger partial charge in [-0.15, -0.1) is 0 Å². The number of ether oxygens (including phenoxy) is 3. The number of nitrogens with one attached hydrogen (secondary N) is 1. The summed E-state index contributed by atoms with van der Waals surface area (Å²) >= 11 is 0. The number of halogens is 1. The molecule has 2 aromatic rings. The minimum absolute atomic E-state index is 0.161. The maximum atomic E-state index is 13.9. The standard InChI is InChI=1S/C22H25FN2O4/c1-27-18-9-20(29-3)19(28-2)8-16(18)22(26)25-12-14-10-24-11-17(14)21(25)13-5-4-6-15(23)7-13/h4-9,14,17,21,24H,10-12H2,1-3H3/t14-,17-,21-/m0/s1. The number of methoxy groups -OCH3 is 3. The molecule has 0 aliphatic carbocycles. The van der Waals surface area contributed by atoms with Crippen molar-refractivity contribution in [2.75, 3.05) is 41.0 Å². The predicted octanol–water partition coefficient (Wildman–Crippen LogP) is 2.88. The lowest BCUT2D eigenvalue weighted by atomic mass is 9.89. The van der Waals surface area contributed by atoms with Crippen LogP contribution in [-0.4, -0.2) is 51.8 Å². The first-order valence-electron chi connectivity index (χ1n) is 9.64. The number of carbonyl (C=O) groups excluding carboxylic acids is 1. The summed E-state index contributed by atoms with van der Waals surface area (Å²) in [6.07, 6.45) is 0. The van der Waals surface area contributed by atoms with Gasteiger partial charge in [0.2, 0.25) is 0 Å². The molecule has 7 heteroatoms. The van der Waals surface area contributed by atoms with Crippen LogP contribution in [0.4, 0.5) is 4.39 Å². The van der Waals surface area contributed by atoms with E-state index in [9.17, 15) is 9.18 Å². The minimum atomic E-state index is -0.298. The van der Waals surface area contributed by atoms with Crippen molar-refractivity contribution in [3.05, 3.63) is 53.3 Å². The van der Waals surface area contributed by atoms with E-state index in [4.69, 9.17) is 14.2 Å². The van der Waals surface area contributed by atoms with Gasteiger partial charge < -0.3 is 24.4 Å². The molecule has 4 rings (SSSR count). The molecule has 2 aromatic carbocycles. The van der Waals surface area contributed by atoms with Crippen LogP contribution in [0, 0.1) is 17.7 Å². The fraction of sp³-hybridized carbons (Fsp3) is 0.409. The van der Waals surface area contributed by atoms with Crippen LogP contribution in [0.5, 0.6) is 17.2 Å². The molecule has 0 unspecified atom stereocenters. The van der Waals surface area contributed by atoms with Gasteiger partial charge in [-0.1, -0.05) is 12.1 Å². The van der Waals surface area contributed by atoms with Crippen molar-refractivity contribution >= 4 is 5.91 Å². The molecule has 2 heterocycles. The molecule has 1 N–H and O–H groups in total. The van der Waals surface area contributed by atoms with Crippen molar-refractivity contribution in [1.82, 2.24) is 10.2 Å². The van der Waals surface area contributed by atoms with Crippen molar-refractivity contribution in [2.24, 2.45) is 11.8 Å². The molecule has 0 radical (unpaired) electrons. The summed E-state index contributed by atoms with van der Waals surface area (Å²) in [7, 11) is 4.58. The first-order valence-corrected chi connectivity index (χ1v) is 9.64. The van der Waals surface area contributed by atoms with E-state index in [0.29, 0.717) is 35.3 Å². The largest absolute Gasteiger partial charge is 0.496 e. The van der Waals surface area contributed by atoms with E-state index in [1.807, 2.05) is 11.0 Å². The molecule has 2 aliphatic rings. The average molecular weight is 400 g/mol. The Hall–Kier alpha value is -2.80. The Morgan fingerprint density at radius 2 is 1.76 bits per heavy atom. The highest BCUT2D eigenvalue weighted by atomic mass is 19.1. The van der Waals surface area contributed by atoms with Crippen LogP contribution in [0.2, 0.25) is 0 Å². The summed E-state index contributed by atoms with van der Waals surface area (Å²) in [5.41, 5.74) is 1.22. The quantitative estimate of drug-likeness (QED) is 0.836. The van der Waals surface area contributed by atoms with E-state index in [1.54, 1.807) is 18.2 Å². The molecule has 29 heavy (non-hydrogen) atoms. The van der Waals surface area contributed by atoms with Crippen LogP contribution in [0.1, 0.15) is 22.0 Å². The molecule has 0 bridgehead atoms. The van der Waals surface area contributed by atoms with Gasteiger partial charge >= 0.3 is 0 Å². The zero-order valence-electron chi connectivity index (χ0n) is 16.8. The summed E-state index contributed by atoms with van der Waals surface area (Å²) in [5, 5.41) is 3.40. The number of carbonyl (C=O) groups is 1. The minimum Gasteiger partial charge on any atom is -0.496 e. The molecule has 3 atom stereocenters. The fourth-order valence-corrected chi connectivity index (χ4v) is 4.60. The van der Waals surface area contributed by atoms with Crippen molar-refractivity contribution in [1.29, 1.82) is 0 Å². The monoisotopic (exact) mass is 400 g/mol. The third-order valence-corrected chi connectivity index (χ3v) is 5.95. The number of nitrogens with zero attached hydrogens (tertiary/aromatic N) is 1. The molecule has 1 amide bonds. The molecule has 0 aromatic heterocycles. The van der Waals surface area contributed by atoms with Crippen molar-refractivity contribution in [3.8, 4) is 17.2 Å². The highest BCUT2D eigenvalue weighted by Crippen LogP contribution is 2.45. The molecular formula is C22H25FN2O4. The lowest BCUT2D eigenvalue weighted by Crippen LogP contribution is -2.35. The maximum absolute atomic E-state index is 13.9. The average Bonchev–Trinajstić information content (AvgIpc) is 3.33. The van der Waals surface area contributed by atoms with E-state index in [2.05, 4.69) is 5.32 Å². The zero-order chi connectivity index (χ0) is 20.5. The SMILES string of the molecule is COc1cc(OC)c(C(=O)N2C[C@@H]3CNC[C@@H]3[C@@H]2c2cccc(F)c2)cc1OC. The van der Waals surface area contributed by atoms with E-state index < -0.39 is 0 Å². The van der Waals surface area contributed by atoms with Gasteiger partial charge in [0.05, 0.1) is 32.9 Å². The number of fused-ring (bicyclic) bond motifs is 1. The number of hydrogen-bond donors (Lipinski definition) is 1. The Morgan fingerprint density at radius 3 is 2.45 bits per heavy atom. The number of benzene rings is 2. The topological polar surface area (TPSA) is 60.0 Å². The molecule has 2 fully saturated rings. The van der Waals surface area contributed by atoms with Gasteiger partial charge in [0.25, 0.3) is 5.91 Å². The Bertz CT molecular complexity index is 920. The number of amides is 1. The molecule has 0 saturated carbocycles. The predicted molar refractivity (Wildman–Crippen MR) is 106 cm³/mol. The lowest BCUT2D eigenvalue weighted by Gasteiger charge is -2.29. The number of rotatable bonds is 5. The van der Waals surface area contributed by atoms with E-state index in [1.165, 1.54) is 33.5 Å². The van der Waals surface area contributed by atoms with Crippen LogP contribution in [0.25, 0.3) is 0 Å². The van der Waals surface area contributed by atoms with Crippen molar-refractivity contribution in [2.45, 2.75) is 6.04 Å². The first-order chi connectivity index (χ1) is 14.1. The molecule has 6 nitrogen and oxygen atoms in total. The van der Waals surface area contributed by atoms with Gasteiger partial charge in [0, 0.05) is 37.7 Å². The van der Waals surface area contributed by atoms with Crippen LogP contribution >= 0.6 is 0 Å². The highest BCUT2D eigenvalue weighted by molar-refractivity contribution is 5.98. The fourth-order valence-electron chi connectivity index (χ4n) is 4.60. The van der Waals surface area contributed by atoms with Crippen LogP contribution in [0.15, 0.2) is 36.4 Å². The second kappa shape index (κ2) is 7.91. The summed E-state index contributed by atoms with van der Waals surface area (Å²) in [6.45, 7) is 2.26. The third-order valence-electron chi connectivity index (χ3n) is 5.95. The van der Waals surface area contributed by atoms with E-state index >= 15 is 0 Å². The van der Waals surface area contributed by atoms with Gasteiger partial charge in [-0.3, -0.25) is 4.79 Å². The summed E-state index contributed by atoms with van der Waals surface area (Å²) in [4.78, 5) is 15.5. The van der Waals surface area contributed by atoms with Gasteiger partial charge in [0.15, 0.2) is 11.5 Å². The van der Waals surface area contributed by atoms with Crippen molar-refractivity contribution < 1.29 is 23.4 Å². The Labute approximate surface area is 169 Å². The molecular weight excluding hydrogens is 375 g/mol. The third kappa shape index (κ3) is 3.40. The van der Waals surface area contributed by atoms with Crippen LogP contribution in [0.3, 0.4) is 0 Å². The second-order valence-electron chi connectivity index (χ2n) is 7.45. The molecule has 2 saturated heterocycles. The summed E-state index contributed by atoms with van der Waals surface area (Å²) < 4.78 is 30.1. The van der Waals surface area contributed by atoms with E-state index in [0.717, 1.165) is 18.7 Å². The van der Waals surface area contributed by atoms with Gasteiger partial charge in [-0.25, -0.2) is 4.39 Å². The Balaban J connectivity index is 1.75.